The fourth-order valence-electron chi connectivity index (χ4n) is 3.95. The molecule has 0 saturated heterocycles. The molecular weight excluding hydrogens is 517 g/mol. The monoisotopic (exact) mass is 545 g/mol. The largest absolute Gasteiger partial charge is 0.483 e. The number of urea groups is 1. The topological polar surface area (TPSA) is 130 Å². The summed E-state index contributed by atoms with van der Waals surface area (Å²) in [6.07, 6.45) is 1.46. The normalized spacial score (nSPS) is 16.1. The van der Waals surface area contributed by atoms with Crippen LogP contribution in [0.5, 0.6) is 5.75 Å². The molecule has 0 fully saturated rings. The third-order valence-corrected chi connectivity index (χ3v) is 6.57. The molecule has 0 saturated carbocycles. The molecule has 2 amide bonds. The number of nitrogens with zero attached hydrogens (tertiary/aromatic N) is 3. The van der Waals surface area contributed by atoms with Crippen molar-refractivity contribution in [3.8, 4) is 5.75 Å². The Balaban J connectivity index is 1.62. The summed E-state index contributed by atoms with van der Waals surface area (Å²) in [6.45, 7) is 4.12. The molecule has 1 aliphatic heterocycles. The molecule has 38 heavy (non-hydrogen) atoms. The van der Waals surface area contributed by atoms with Gasteiger partial charge in [0.1, 0.15) is 18.4 Å². The van der Waals surface area contributed by atoms with Crippen molar-refractivity contribution in [3.63, 3.8) is 0 Å². The van der Waals surface area contributed by atoms with E-state index in [2.05, 4.69) is 20.8 Å². The van der Waals surface area contributed by atoms with Crippen LogP contribution in [0, 0.1) is 5.82 Å². The maximum Gasteiger partial charge on any atom is 0.338 e. The summed E-state index contributed by atoms with van der Waals surface area (Å²) in [5, 5.41) is 14.5. The molecule has 0 unspecified atom stereocenters. The zero-order valence-corrected chi connectivity index (χ0v) is 21.9. The highest BCUT2D eigenvalue weighted by atomic mass is 32.2. The van der Waals surface area contributed by atoms with Crippen LogP contribution >= 0.6 is 11.8 Å². The van der Waals surface area contributed by atoms with Crippen molar-refractivity contribution in [1.29, 1.82) is 0 Å². The first-order valence-electron chi connectivity index (χ1n) is 11.9. The highest BCUT2D eigenvalue weighted by Gasteiger charge is 2.35. The Labute approximate surface area is 222 Å². The molecule has 0 aliphatic carbocycles. The van der Waals surface area contributed by atoms with Crippen LogP contribution in [0.25, 0.3) is 0 Å². The molecule has 0 bridgehead atoms. The number of para-hydroxylation sites is 1. The van der Waals surface area contributed by atoms with E-state index in [1.54, 1.807) is 38.3 Å². The van der Waals surface area contributed by atoms with Gasteiger partial charge < -0.3 is 29.3 Å². The number of thioether (sulfide) groups is 1. The van der Waals surface area contributed by atoms with Gasteiger partial charge in [0.2, 0.25) is 0 Å². The number of hydrogen-bond acceptors (Lipinski definition) is 9. The standard InChI is InChI=1S/C25H28FN5O6S/c1-4-35-23(32)21-17(27-24(33)28-22(21)19-10-7-11-36-19)14-38-25-30-29-20(31(25)15(2)12-34-3)13-37-18-9-6-5-8-16(18)26/h5-11,15,22H,4,12-14H2,1-3H3,(H2,27,28,33)/t15-,22+/m0/s1. The van der Waals surface area contributed by atoms with Crippen LogP contribution in [0.15, 0.2) is 63.5 Å². The van der Waals surface area contributed by atoms with Crippen LogP contribution in [0.4, 0.5) is 9.18 Å². The van der Waals surface area contributed by atoms with Gasteiger partial charge in [-0.2, -0.15) is 0 Å². The average molecular weight is 546 g/mol. The predicted molar refractivity (Wildman–Crippen MR) is 135 cm³/mol. The molecule has 3 heterocycles. The smallest absolute Gasteiger partial charge is 0.338 e. The number of aromatic nitrogens is 3. The number of carbonyl (C=O) groups excluding carboxylic acids is 2. The molecule has 3 aromatic rings. The zero-order valence-electron chi connectivity index (χ0n) is 21.1. The molecule has 1 aliphatic rings. The first-order chi connectivity index (χ1) is 18.4. The van der Waals surface area contributed by atoms with Crippen LogP contribution in [0.1, 0.15) is 37.5 Å². The van der Waals surface area contributed by atoms with Gasteiger partial charge in [0.15, 0.2) is 22.5 Å². The molecule has 2 N–H and O–H groups in total. The lowest BCUT2D eigenvalue weighted by Gasteiger charge is -2.27. The van der Waals surface area contributed by atoms with Gasteiger partial charge in [-0.25, -0.2) is 14.0 Å². The minimum Gasteiger partial charge on any atom is -0.483 e. The number of carbonyl (C=O) groups is 2. The average Bonchev–Trinajstić information content (AvgIpc) is 3.57. The first kappa shape index (κ1) is 27.2. The summed E-state index contributed by atoms with van der Waals surface area (Å²) >= 11 is 1.26. The number of nitrogens with one attached hydrogen (secondary N) is 2. The van der Waals surface area contributed by atoms with E-state index in [0.29, 0.717) is 29.0 Å². The second kappa shape index (κ2) is 12.6. The SMILES string of the molecule is CCOC(=O)C1=C(CSc2nnc(COc3ccccc3F)n2[C@@H](C)COC)NC(=O)N[C@@H]1c1ccco1. The van der Waals surface area contributed by atoms with Crippen LogP contribution in [-0.4, -0.2) is 52.8 Å². The Morgan fingerprint density at radius 2 is 2.08 bits per heavy atom. The first-order valence-corrected chi connectivity index (χ1v) is 12.8. The second-order valence-electron chi connectivity index (χ2n) is 8.24. The number of amides is 2. The number of hydrogen-bond donors (Lipinski definition) is 2. The summed E-state index contributed by atoms with van der Waals surface area (Å²) in [6, 6.07) is 7.96. The second-order valence-corrected chi connectivity index (χ2v) is 9.18. The predicted octanol–water partition coefficient (Wildman–Crippen LogP) is 3.76. The molecule has 202 valence electrons. The number of ether oxygens (including phenoxy) is 3. The van der Waals surface area contributed by atoms with E-state index >= 15 is 0 Å². The fraction of sp³-hybridized carbons (Fsp3) is 0.360. The van der Waals surface area contributed by atoms with E-state index in [-0.39, 0.29) is 36.3 Å². The molecule has 13 heteroatoms. The Bertz CT molecular complexity index is 1300. The Morgan fingerprint density at radius 1 is 1.26 bits per heavy atom. The van der Waals surface area contributed by atoms with Crippen molar-refractivity contribution in [2.24, 2.45) is 0 Å². The molecule has 1 aromatic carbocycles. The van der Waals surface area contributed by atoms with Crippen LogP contribution < -0.4 is 15.4 Å². The summed E-state index contributed by atoms with van der Waals surface area (Å²) < 4.78 is 37.6. The number of halogens is 1. The van der Waals surface area contributed by atoms with Crippen LogP contribution in [0.3, 0.4) is 0 Å². The number of methoxy groups -OCH3 is 1. The third kappa shape index (κ3) is 6.17. The number of furan rings is 1. The number of rotatable bonds is 12. The summed E-state index contributed by atoms with van der Waals surface area (Å²) in [5.74, 6) is 0.0680. The van der Waals surface area contributed by atoms with Gasteiger partial charge >= 0.3 is 12.0 Å². The van der Waals surface area contributed by atoms with Crippen molar-refractivity contribution in [1.82, 2.24) is 25.4 Å². The fourth-order valence-corrected chi connectivity index (χ4v) is 4.98. The lowest BCUT2D eigenvalue weighted by Crippen LogP contribution is -2.46. The highest BCUT2D eigenvalue weighted by Crippen LogP contribution is 2.31. The van der Waals surface area contributed by atoms with Gasteiger partial charge in [0.25, 0.3) is 0 Å². The molecule has 2 aromatic heterocycles. The van der Waals surface area contributed by atoms with Crippen LogP contribution in [0.2, 0.25) is 0 Å². The van der Waals surface area contributed by atoms with E-state index in [1.807, 2.05) is 11.5 Å². The van der Waals surface area contributed by atoms with E-state index < -0.39 is 23.9 Å². The quantitative estimate of drug-likeness (QED) is 0.258. The Hall–Kier alpha value is -3.84. The Morgan fingerprint density at radius 3 is 2.79 bits per heavy atom. The molecule has 4 rings (SSSR count). The lowest BCUT2D eigenvalue weighted by molar-refractivity contribution is -0.139. The maximum absolute atomic E-state index is 14.0. The molecule has 11 nitrogen and oxygen atoms in total. The minimum atomic E-state index is -0.816. The molecule has 0 spiro atoms. The van der Waals surface area contributed by atoms with E-state index in [4.69, 9.17) is 18.6 Å². The van der Waals surface area contributed by atoms with E-state index in [0.717, 1.165) is 0 Å². The summed E-state index contributed by atoms with van der Waals surface area (Å²) in [5.41, 5.74) is 0.588. The lowest BCUT2D eigenvalue weighted by atomic mass is 10.0. The van der Waals surface area contributed by atoms with Gasteiger partial charge in [-0.15, -0.1) is 10.2 Å². The van der Waals surface area contributed by atoms with Crippen molar-refractivity contribution >= 4 is 23.8 Å². The minimum absolute atomic E-state index is 0.0272. The Kier molecular flexibility index (Phi) is 9.02. The van der Waals surface area contributed by atoms with Crippen molar-refractivity contribution < 1.29 is 32.6 Å². The third-order valence-electron chi connectivity index (χ3n) is 5.60. The van der Waals surface area contributed by atoms with Gasteiger partial charge in [-0.1, -0.05) is 23.9 Å². The number of esters is 1. The van der Waals surface area contributed by atoms with Gasteiger partial charge in [-0.3, -0.25) is 4.57 Å². The van der Waals surface area contributed by atoms with Gasteiger partial charge in [0, 0.05) is 18.6 Å². The van der Waals surface area contributed by atoms with Gasteiger partial charge in [0.05, 0.1) is 31.1 Å². The van der Waals surface area contributed by atoms with E-state index in [9.17, 15) is 14.0 Å². The molecule has 2 atom stereocenters. The summed E-state index contributed by atoms with van der Waals surface area (Å²) in [7, 11) is 1.58. The molecular formula is C25H28FN5O6S. The van der Waals surface area contributed by atoms with Crippen molar-refractivity contribution in [3.05, 3.63) is 71.3 Å². The number of benzene rings is 1. The maximum atomic E-state index is 14.0. The van der Waals surface area contributed by atoms with E-state index in [1.165, 1.54) is 30.2 Å². The van der Waals surface area contributed by atoms with Crippen LogP contribution in [-0.2, 0) is 20.9 Å². The molecule has 0 radical (unpaired) electrons. The summed E-state index contributed by atoms with van der Waals surface area (Å²) in [4.78, 5) is 25.4. The van der Waals surface area contributed by atoms with Crippen molar-refractivity contribution in [2.45, 2.75) is 37.7 Å². The zero-order chi connectivity index (χ0) is 27.1. The highest BCUT2D eigenvalue weighted by molar-refractivity contribution is 7.99. The van der Waals surface area contributed by atoms with Crippen molar-refractivity contribution in [2.75, 3.05) is 26.1 Å². The van der Waals surface area contributed by atoms with Gasteiger partial charge in [-0.05, 0) is 38.1 Å².